The zero-order valence-corrected chi connectivity index (χ0v) is 13.8. The Bertz CT molecular complexity index is 828. The second-order valence-corrected chi connectivity index (χ2v) is 6.39. The van der Waals surface area contributed by atoms with Crippen LogP contribution in [-0.4, -0.2) is 18.8 Å². The number of ether oxygens (including phenoxy) is 1. The van der Waals surface area contributed by atoms with Crippen LogP contribution < -0.4 is 9.64 Å². The molecule has 2 atom stereocenters. The maximum absolute atomic E-state index is 12.5. The molecular weight excluding hydrogens is 302 g/mol. The molecule has 0 saturated heterocycles. The Kier molecular flexibility index (Phi) is 3.41. The van der Waals surface area contributed by atoms with E-state index in [1.807, 2.05) is 29.2 Å². The minimum Gasteiger partial charge on any atom is -0.496 e. The Labute approximate surface area is 141 Å². The number of carbonyl (C=O) groups excluding carboxylic acids is 2. The lowest BCUT2D eigenvalue weighted by atomic mass is 9.78. The van der Waals surface area contributed by atoms with Gasteiger partial charge in [0.1, 0.15) is 5.75 Å². The van der Waals surface area contributed by atoms with Gasteiger partial charge in [0.05, 0.1) is 18.7 Å². The van der Waals surface area contributed by atoms with E-state index in [0.717, 1.165) is 23.2 Å². The van der Waals surface area contributed by atoms with Crippen LogP contribution in [0.3, 0.4) is 0 Å². The summed E-state index contributed by atoms with van der Waals surface area (Å²) in [7, 11) is 1.58. The molecule has 1 heterocycles. The Morgan fingerprint density at radius 1 is 1.17 bits per heavy atom. The number of hydrogen-bond donors (Lipinski definition) is 0. The maximum atomic E-state index is 12.5. The van der Waals surface area contributed by atoms with Crippen LogP contribution in [0.25, 0.3) is 0 Å². The summed E-state index contributed by atoms with van der Waals surface area (Å²) in [6.07, 6.45) is 1.25. The largest absolute Gasteiger partial charge is 0.496 e. The van der Waals surface area contributed by atoms with E-state index in [1.165, 1.54) is 0 Å². The van der Waals surface area contributed by atoms with Crippen LogP contribution in [-0.2, 0) is 4.79 Å². The van der Waals surface area contributed by atoms with Gasteiger partial charge >= 0.3 is 0 Å². The smallest absolute Gasteiger partial charge is 0.224 e. The van der Waals surface area contributed by atoms with E-state index >= 15 is 0 Å². The summed E-state index contributed by atoms with van der Waals surface area (Å²) in [6.45, 7) is 1.59. The maximum Gasteiger partial charge on any atom is 0.224 e. The molecule has 2 aromatic carbocycles. The molecule has 0 aromatic heterocycles. The molecule has 4 nitrogen and oxygen atoms in total. The summed E-state index contributed by atoms with van der Waals surface area (Å²) < 4.78 is 5.43. The molecule has 2 aliphatic rings. The van der Waals surface area contributed by atoms with Gasteiger partial charge in [0.25, 0.3) is 0 Å². The van der Waals surface area contributed by atoms with E-state index in [1.54, 1.807) is 20.1 Å². The third-order valence-electron chi connectivity index (χ3n) is 5.14. The first-order valence-corrected chi connectivity index (χ1v) is 8.22. The number of hydrogen-bond acceptors (Lipinski definition) is 3. The van der Waals surface area contributed by atoms with Crippen molar-refractivity contribution in [3.05, 3.63) is 59.2 Å². The highest BCUT2D eigenvalue weighted by atomic mass is 16.5. The van der Waals surface area contributed by atoms with Crippen molar-refractivity contribution in [2.75, 3.05) is 12.0 Å². The van der Waals surface area contributed by atoms with Gasteiger partial charge in [-0.05, 0) is 29.7 Å². The van der Waals surface area contributed by atoms with Crippen molar-refractivity contribution in [2.45, 2.75) is 31.7 Å². The highest BCUT2D eigenvalue weighted by molar-refractivity contribution is 6.06. The van der Waals surface area contributed by atoms with Gasteiger partial charge in [-0.1, -0.05) is 30.3 Å². The number of carbonyl (C=O) groups is 2. The number of methoxy groups -OCH3 is 1. The van der Waals surface area contributed by atoms with E-state index < -0.39 is 0 Å². The molecule has 0 spiro atoms. The summed E-state index contributed by atoms with van der Waals surface area (Å²) in [4.78, 5) is 26.8. The van der Waals surface area contributed by atoms with Crippen LogP contribution >= 0.6 is 0 Å². The topological polar surface area (TPSA) is 46.6 Å². The SMILES string of the molecule is COc1ccc2c3c1C(=O)CCC3C(c1ccccc1)N2C(C)=O. The standard InChI is InChI=1S/C20H19NO3/c1-12(22)21-15-9-11-17(24-2)19-16(23)10-8-14(18(15)19)20(21)13-6-4-3-5-7-13/h3-7,9,11,14,20H,8,10H2,1-2H3. The fourth-order valence-electron chi connectivity index (χ4n) is 4.23. The first kappa shape index (κ1) is 14.9. The van der Waals surface area contributed by atoms with Gasteiger partial charge in [0.15, 0.2) is 5.78 Å². The van der Waals surface area contributed by atoms with Crippen LogP contribution in [0.1, 0.15) is 53.2 Å². The van der Waals surface area contributed by atoms with Gasteiger partial charge in [0.2, 0.25) is 5.91 Å². The van der Waals surface area contributed by atoms with Crippen LogP contribution in [0.2, 0.25) is 0 Å². The number of benzene rings is 2. The molecule has 4 heteroatoms. The number of anilines is 1. The van der Waals surface area contributed by atoms with Crippen molar-refractivity contribution in [3.63, 3.8) is 0 Å². The Morgan fingerprint density at radius 2 is 1.92 bits per heavy atom. The van der Waals surface area contributed by atoms with Crippen LogP contribution in [0.4, 0.5) is 5.69 Å². The van der Waals surface area contributed by atoms with Crippen molar-refractivity contribution in [1.29, 1.82) is 0 Å². The van der Waals surface area contributed by atoms with Crippen LogP contribution in [0.5, 0.6) is 5.75 Å². The lowest BCUT2D eigenvalue weighted by molar-refractivity contribution is -0.117. The quantitative estimate of drug-likeness (QED) is 0.844. The molecule has 0 bridgehead atoms. The molecule has 122 valence electrons. The molecule has 1 amide bonds. The van der Waals surface area contributed by atoms with Crippen LogP contribution in [0, 0.1) is 0 Å². The molecule has 1 aliphatic heterocycles. The number of rotatable bonds is 2. The molecule has 24 heavy (non-hydrogen) atoms. The highest BCUT2D eigenvalue weighted by Gasteiger charge is 2.46. The van der Waals surface area contributed by atoms with Gasteiger partial charge < -0.3 is 9.64 Å². The Hall–Kier alpha value is -2.62. The molecule has 0 radical (unpaired) electrons. The molecule has 1 aliphatic carbocycles. The normalized spacial score (nSPS) is 21.6. The van der Waals surface area contributed by atoms with Gasteiger partial charge in [-0.2, -0.15) is 0 Å². The molecule has 0 N–H and O–H groups in total. The average molecular weight is 321 g/mol. The molecule has 2 unspecified atom stereocenters. The molecule has 0 saturated carbocycles. The molecule has 0 fully saturated rings. The molecule has 2 aromatic rings. The van der Waals surface area contributed by atoms with E-state index in [2.05, 4.69) is 12.1 Å². The van der Waals surface area contributed by atoms with Gasteiger partial charge in [-0.25, -0.2) is 0 Å². The van der Waals surface area contributed by atoms with Gasteiger partial charge in [0, 0.05) is 24.9 Å². The first-order chi connectivity index (χ1) is 11.6. The first-order valence-electron chi connectivity index (χ1n) is 8.22. The molecule has 4 rings (SSSR count). The zero-order valence-electron chi connectivity index (χ0n) is 13.8. The summed E-state index contributed by atoms with van der Waals surface area (Å²) in [6, 6.07) is 13.7. The summed E-state index contributed by atoms with van der Waals surface area (Å²) in [5.41, 5.74) is 3.60. The van der Waals surface area contributed by atoms with Crippen LogP contribution in [0.15, 0.2) is 42.5 Å². The van der Waals surface area contributed by atoms with E-state index in [0.29, 0.717) is 17.7 Å². The monoisotopic (exact) mass is 321 g/mol. The van der Waals surface area contributed by atoms with E-state index in [4.69, 9.17) is 4.74 Å². The van der Waals surface area contributed by atoms with Gasteiger partial charge in [-0.3, -0.25) is 9.59 Å². The second-order valence-electron chi connectivity index (χ2n) is 6.39. The Balaban J connectivity index is 1.97. The zero-order chi connectivity index (χ0) is 16.8. The number of Topliss-reactive ketones (excluding diaryl/α,β-unsaturated/α-hetero) is 1. The highest BCUT2D eigenvalue weighted by Crippen LogP contribution is 2.56. The summed E-state index contributed by atoms with van der Waals surface area (Å²) in [5.74, 6) is 0.852. The predicted molar refractivity (Wildman–Crippen MR) is 91.6 cm³/mol. The summed E-state index contributed by atoms with van der Waals surface area (Å²) >= 11 is 0. The van der Waals surface area contributed by atoms with Crippen molar-refractivity contribution in [2.24, 2.45) is 0 Å². The third kappa shape index (κ3) is 1.99. The predicted octanol–water partition coefficient (Wildman–Crippen LogP) is 3.86. The second kappa shape index (κ2) is 5.48. The average Bonchev–Trinajstić information content (AvgIpc) is 2.94. The minimum absolute atomic E-state index is 0.00179. The van der Waals surface area contributed by atoms with E-state index in [-0.39, 0.29) is 23.7 Å². The van der Waals surface area contributed by atoms with E-state index in [9.17, 15) is 9.59 Å². The van der Waals surface area contributed by atoms with Crippen molar-refractivity contribution in [1.82, 2.24) is 0 Å². The molecular formula is C20H19NO3. The fourth-order valence-corrected chi connectivity index (χ4v) is 4.23. The van der Waals surface area contributed by atoms with Gasteiger partial charge in [-0.15, -0.1) is 0 Å². The number of nitrogens with zero attached hydrogens (tertiary/aromatic N) is 1. The minimum atomic E-state index is -0.0577. The third-order valence-corrected chi connectivity index (χ3v) is 5.14. The van der Waals surface area contributed by atoms with Crippen molar-refractivity contribution < 1.29 is 14.3 Å². The number of amides is 1. The van der Waals surface area contributed by atoms with Crippen molar-refractivity contribution >= 4 is 17.4 Å². The number of ketones is 1. The fraction of sp³-hybridized carbons (Fsp3) is 0.300. The van der Waals surface area contributed by atoms with Crippen molar-refractivity contribution in [3.8, 4) is 5.75 Å². The lowest BCUT2D eigenvalue weighted by Gasteiger charge is -2.29. The lowest BCUT2D eigenvalue weighted by Crippen LogP contribution is -2.31. The Morgan fingerprint density at radius 3 is 2.58 bits per heavy atom. The summed E-state index contributed by atoms with van der Waals surface area (Å²) in [5, 5.41) is 0.